The zero-order valence-corrected chi connectivity index (χ0v) is 19.9. The van der Waals surface area contributed by atoms with Crippen LogP contribution in [0.3, 0.4) is 0 Å². The normalized spacial score (nSPS) is 10.8. The van der Waals surface area contributed by atoms with Gasteiger partial charge in [-0.15, -0.1) is 0 Å². The molecule has 3 aromatic carbocycles. The van der Waals surface area contributed by atoms with Gasteiger partial charge in [-0.05, 0) is 53.6 Å². The van der Waals surface area contributed by atoms with Crippen LogP contribution in [0.4, 0.5) is 5.69 Å². The molecule has 3 aromatic rings. The molecule has 33 heavy (non-hydrogen) atoms. The fourth-order valence-corrected chi connectivity index (χ4v) is 3.77. The highest BCUT2D eigenvalue weighted by molar-refractivity contribution is 5.93. The quantitative estimate of drug-likeness (QED) is 0.452. The lowest BCUT2D eigenvalue weighted by Gasteiger charge is -2.25. The van der Waals surface area contributed by atoms with E-state index in [9.17, 15) is 9.59 Å². The average Bonchev–Trinajstić information content (AvgIpc) is 2.79. The van der Waals surface area contributed by atoms with Crippen molar-refractivity contribution in [1.29, 1.82) is 0 Å². The van der Waals surface area contributed by atoms with Crippen LogP contribution in [0.5, 0.6) is 0 Å². The van der Waals surface area contributed by atoms with Gasteiger partial charge in [0, 0.05) is 18.7 Å². The molecule has 0 radical (unpaired) electrons. The van der Waals surface area contributed by atoms with Crippen LogP contribution in [0.25, 0.3) is 0 Å². The van der Waals surface area contributed by atoms with Crippen molar-refractivity contribution in [1.82, 2.24) is 5.32 Å². The molecule has 0 aromatic heterocycles. The molecule has 4 heteroatoms. The van der Waals surface area contributed by atoms with E-state index in [-0.39, 0.29) is 17.7 Å². The van der Waals surface area contributed by atoms with Gasteiger partial charge in [0.25, 0.3) is 0 Å². The van der Waals surface area contributed by atoms with E-state index in [0.717, 1.165) is 23.2 Å². The minimum Gasteiger partial charge on any atom is -0.355 e. The molecule has 0 heterocycles. The first-order valence-corrected chi connectivity index (χ1v) is 11.7. The Morgan fingerprint density at radius 1 is 0.848 bits per heavy atom. The van der Waals surface area contributed by atoms with Crippen LogP contribution in [-0.4, -0.2) is 18.4 Å². The monoisotopic (exact) mass is 442 g/mol. The van der Waals surface area contributed by atoms with Crippen molar-refractivity contribution in [2.75, 3.05) is 11.4 Å². The fourth-order valence-electron chi connectivity index (χ4n) is 3.77. The Balaban J connectivity index is 1.63. The van der Waals surface area contributed by atoms with Crippen LogP contribution in [0.15, 0.2) is 78.9 Å². The van der Waals surface area contributed by atoms with Crippen molar-refractivity contribution in [3.8, 4) is 0 Å². The minimum absolute atomic E-state index is 0.00586. The highest BCUT2D eigenvalue weighted by Gasteiger charge is 2.18. The molecule has 0 unspecified atom stereocenters. The zero-order valence-electron chi connectivity index (χ0n) is 19.9. The highest BCUT2D eigenvalue weighted by Crippen LogP contribution is 2.22. The van der Waals surface area contributed by atoms with Crippen molar-refractivity contribution < 1.29 is 9.59 Å². The summed E-state index contributed by atoms with van der Waals surface area (Å²) in [6, 6.07) is 26.1. The molecule has 0 saturated carbocycles. The largest absolute Gasteiger partial charge is 0.355 e. The molecule has 4 nitrogen and oxygen atoms in total. The summed E-state index contributed by atoms with van der Waals surface area (Å²) in [7, 11) is 0. The summed E-state index contributed by atoms with van der Waals surface area (Å²) in [6.07, 6.45) is 1.64. The van der Waals surface area contributed by atoms with E-state index in [4.69, 9.17) is 0 Å². The predicted molar refractivity (Wildman–Crippen MR) is 135 cm³/mol. The van der Waals surface area contributed by atoms with Crippen molar-refractivity contribution in [2.45, 2.75) is 46.6 Å². The molecular weight excluding hydrogens is 408 g/mol. The first kappa shape index (κ1) is 24.2. The van der Waals surface area contributed by atoms with Gasteiger partial charge >= 0.3 is 0 Å². The summed E-state index contributed by atoms with van der Waals surface area (Å²) in [5.74, 6) is 0.404. The molecule has 0 saturated heterocycles. The van der Waals surface area contributed by atoms with E-state index in [1.54, 1.807) is 0 Å². The van der Waals surface area contributed by atoms with Gasteiger partial charge in [-0.3, -0.25) is 9.59 Å². The summed E-state index contributed by atoms with van der Waals surface area (Å²) < 4.78 is 0. The summed E-state index contributed by atoms with van der Waals surface area (Å²) >= 11 is 0. The van der Waals surface area contributed by atoms with Crippen LogP contribution in [0.1, 0.15) is 42.5 Å². The fraction of sp³-hybridized carbons (Fsp3) is 0.310. The molecule has 0 spiro atoms. The van der Waals surface area contributed by atoms with Gasteiger partial charge in [0.15, 0.2) is 0 Å². The first-order valence-electron chi connectivity index (χ1n) is 11.7. The SMILES string of the molecule is Cc1ccccc1CN(C(=O)CC(C)C)c1ccc(CC(=O)NCCc2ccccc2)cc1. The van der Waals surface area contributed by atoms with Crippen LogP contribution < -0.4 is 10.2 Å². The van der Waals surface area contributed by atoms with Crippen LogP contribution in [-0.2, 0) is 29.0 Å². The number of hydrogen-bond acceptors (Lipinski definition) is 2. The Labute approximate surface area is 197 Å². The topological polar surface area (TPSA) is 49.4 Å². The number of hydrogen-bond donors (Lipinski definition) is 1. The Morgan fingerprint density at radius 3 is 2.18 bits per heavy atom. The minimum atomic E-state index is 0.00586. The predicted octanol–water partition coefficient (Wildman–Crippen LogP) is 5.48. The van der Waals surface area contributed by atoms with Gasteiger partial charge < -0.3 is 10.2 Å². The van der Waals surface area contributed by atoms with Gasteiger partial charge in [0.05, 0.1) is 13.0 Å². The lowest BCUT2D eigenvalue weighted by Crippen LogP contribution is -2.31. The lowest BCUT2D eigenvalue weighted by molar-refractivity contribution is -0.120. The summed E-state index contributed by atoms with van der Waals surface area (Å²) in [5.41, 5.74) is 5.31. The molecule has 0 aliphatic heterocycles. The third kappa shape index (κ3) is 7.60. The molecule has 172 valence electrons. The standard InChI is InChI=1S/C29H34N2O2/c1-22(2)19-29(33)31(21-26-12-8-7-9-23(26)3)27-15-13-25(14-16-27)20-28(32)30-18-17-24-10-5-4-6-11-24/h4-16,22H,17-21H2,1-3H3,(H,30,32). The molecule has 0 bridgehead atoms. The van der Waals surface area contributed by atoms with Crippen LogP contribution in [0.2, 0.25) is 0 Å². The molecule has 0 aliphatic rings. The zero-order chi connectivity index (χ0) is 23.6. The molecule has 3 rings (SSSR count). The van der Waals surface area contributed by atoms with Gasteiger partial charge in [0.1, 0.15) is 0 Å². The number of nitrogens with zero attached hydrogens (tertiary/aromatic N) is 1. The van der Waals surface area contributed by atoms with E-state index < -0.39 is 0 Å². The molecular formula is C29H34N2O2. The van der Waals surface area contributed by atoms with Crippen LogP contribution in [0, 0.1) is 12.8 Å². The number of carbonyl (C=O) groups is 2. The second kappa shape index (κ2) is 12.0. The van der Waals surface area contributed by atoms with Crippen molar-refractivity contribution in [3.63, 3.8) is 0 Å². The Hall–Kier alpha value is -3.40. The second-order valence-electron chi connectivity index (χ2n) is 8.93. The number of amides is 2. The number of aryl methyl sites for hydroxylation is 1. The molecule has 0 fully saturated rings. The molecule has 0 atom stereocenters. The third-order valence-corrected chi connectivity index (χ3v) is 5.66. The number of benzene rings is 3. The maximum atomic E-state index is 13.0. The average molecular weight is 443 g/mol. The second-order valence-corrected chi connectivity index (χ2v) is 8.93. The maximum absolute atomic E-state index is 13.0. The smallest absolute Gasteiger partial charge is 0.227 e. The maximum Gasteiger partial charge on any atom is 0.227 e. The van der Waals surface area contributed by atoms with Crippen molar-refractivity contribution in [2.24, 2.45) is 5.92 Å². The Morgan fingerprint density at radius 2 is 1.52 bits per heavy atom. The number of carbonyl (C=O) groups excluding carboxylic acids is 2. The number of anilines is 1. The van der Waals surface area contributed by atoms with E-state index in [1.165, 1.54) is 11.1 Å². The van der Waals surface area contributed by atoms with Crippen molar-refractivity contribution >= 4 is 17.5 Å². The Bertz CT molecular complexity index is 1040. The summed E-state index contributed by atoms with van der Waals surface area (Å²) in [5, 5.41) is 2.99. The third-order valence-electron chi connectivity index (χ3n) is 5.66. The molecule has 2 amide bonds. The molecule has 0 aliphatic carbocycles. The Kier molecular flexibility index (Phi) is 8.82. The number of rotatable bonds is 10. The lowest BCUT2D eigenvalue weighted by atomic mass is 10.1. The molecule has 1 N–H and O–H groups in total. The summed E-state index contributed by atoms with van der Waals surface area (Å²) in [4.78, 5) is 27.2. The highest BCUT2D eigenvalue weighted by atomic mass is 16.2. The van der Waals surface area contributed by atoms with Gasteiger partial charge in [-0.25, -0.2) is 0 Å². The van der Waals surface area contributed by atoms with Crippen molar-refractivity contribution in [3.05, 3.63) is 101 Å². The van der Waals surface area contributed by atoms with Gasteiger partial charge in [-0.1, -0.05) is 80.6 Å². The van der Waals surface area contributed by atoms with E-state index >= 15 is 0 Å². The van der Waals surface area contributed by atoms with Gasteiger partial charge in [-0.2, -0.15) is 0 Å². The number of nitrogens with one attached hydrogen (secondary N) is 1. The van der Waals surface area contributed by atoms with E-state index in [2.05, 4.69) is 50.4 Å². The van der Waals surface area contributed by atoms with Crippen LogP contribution >= 0.6 is 0 Å². The van der Waals surface area contributed by atoms with E-state index in [1.807, 2.05) is 59.5 Å². The van der Waals surface area contributed by atoms with Gasteiger partial charge in [0.2, 0.25) is 11.8 Å². The summed E-state index contributed by atoms with van der Waals surface area (Å²) in [6.45, 7) is 7.35. The van der Waals surface area contributed by atoms with E-state index in [0.29, 0.717) is 25.9 Å². The first-order chi connectivity index (χ1) is 15.9.